The van der Waals surface area contributed by atoms with E-state index < -0.39 is 9.84 Å². The van der Waals surface area contributed by atoms with Crippen molar-refractivity contribution < 1.29 is 12.8 Å². The van der Waals surface area contributed by atoms with E-state index in [-0.39, 0.29) is 4.90 Å². The van der Waals surface area contributed by atoms with Crippen LogP contribution in [-0.4, -0.2) is 19.7 Å². The van der Waals surface area contributed by atoms with Gasteiger partial charge in [0.1, 0.15) is 5.69 Å². The summed E-state index contributed by atoms with van der Waals surface area (Å²) in [6.07, 6.45) is 1.20. The second-order valence-electron chi connectivity index (χ2n) is 6.20. The quantitative estimate of drug-likeness (QED) is 0.499. The molecular weight excluding hydrogens is 358 g/mol. The van der Waals surface area contributed by atoms with Crippen LogP contribution in [0.1, 0.15) is 0 Å². The third-order valence-corrected chi connectivity index (χ3v) is 5.38. The topological polar surface area (TPSA) is 60.2 Å². The van der Waals surface area contributed by atoms with Crippen LogP contribution < -0.4 is 0 Å². The lowest BCUT2D eigenvalue weighted by Gasteiger charge is -2.07. The molecule has 27 heavy (non-hydrogen) atoms. The number of oxazole rings is 1. The molecule has 0 bridgehead atoms. The maximum atomic E-state index is 12.3. The maximum Gasteiger partial charge on any atom is 0.227 e. The van der Waals surface area contributed by atoms with Gasteiger partial charge in [0.2, 0.25) is 5.89 Å². The van der Waals surface area contributed by atoms with Crippen molar-refractivity contribution in [2.24, 2.45) is 0 Å². The summed E-state index contributed by atoms with van der Waals surface area (Å²) in [4.78, 5) is 4.90. The largest absolute Gasteiger partial charge is 0.435 e. The number of benzene rings is 3. The zero-order valence-electron chi connectivity index (χ0n) is 14.7. The van der Waals surface area contributed by atoms with Crippen LogP contribution in [0.3, 0.4) is 0 Å². The fourth-order valence-corrected chi connectivity index (χ4v) is 3.87. The first kappa shape index (κ1) is 17.2. The van der Waals surface area contributed by atoms with E-state index in [1.807, 2.05) is 60.7 Å². The first-order valence-corrected chi connectivity index (χ1v) is 10.3. The summed E-state index contributed by atoms with van der Waals surface area (Å²) in [5.41, 5.74) is 2.72. The number of hydrogen-bond donors (Lipinski definition) is 0. The van der Waals surface area contributed by atoms with Gasteiger partial charge in [-0.2, -0.15) is 0 Å². The molecule has 0 radical (unpaired) electrons. The Morgan fingerprint density at radius 1 is 0.741 bits per heavy atom. The molecule has 5 heteroatoms. The standard InChI is InChI=1S/C22H17NO3S/c1-27(24,25)19-15-9-8-14-18(19)20-21(16-10-4-2-5-11-16)26-22(23-20)17-12-6-3-7-13-17/h2-15H,1H3. The molecule has 0 fully saturated rings. The van der Waals surface area contributed by atoms with E-state index in [1.165, 1.54) is 6.26 Å². The molecule has 1 heterocycles. The molecule has 0 saturated heterocycles. The maximum absolute atomic E-state index is 12.3. The first-order valence-electron chi connectivity index (χ1n) is 8.45. The zero-order valence-corrected chi connectivity index (χ0v) is 15.5. The smallest absolute Gasteiger partial charge is 0.227 e. The average molecular weight is 375 g/mol. The van der Waals surface area contributed by atoms with Crippen molar-refractivity contribution in [1.82, 2.24) is 4.98 Å². The Bertz CT molecular complexity index is 1180. The average Bonchev–Trinajstić information content (AvgIpc) is 3.14. The number of nitrogens with zero attached hydrogens (tertiary/aromatic N) is 1. The van der Waals surface area contributed by atoms with Crippen LogP contribution in [0.25, 0.3) is 34.0 Å². The second kappa shape index (κ2) is 6.85. The molecule has 0 spiro atoms. The van der Waals surface area contributed by atoms with Gasteiger partial charge in [0.05, 0.1) is 4.90 Å². The SMILES string of the molecule is CS(=O)(=O)c1ccccc1-c1nc(-c2ccccc2)oc1-c1ccccc1. The Morgan fingerprint density at radius 3 is 1.93 bits per heavy atom. The number of rotatable bonds is 4. The fraction of sp³-hybridized carbons (Fsp3) is 0.0455. The summed E-state index contributed by atoms with van der Waals surface area (Å²) in [5.74, 6) is 0.998. The lowest BCUT2D eigenvalue weighted by molar-refractivity contribution is 0.589. The van der Waals surface area contributed by atoms with Gasteiger partial charge in [-0.3, -0.25) is 0 Å². The van der Waals surface area contributed by atoms with Crippen LogP contribution in [-0.2, 0) is 9.84 Å². The third kappa shape index (κ3) is 3.41. The monoisotopic (exact) mass is 375 g/mol. The van der Waals surface area contributed by atoms with E-state index in [1.54, 1.807) is 24.3 Å². The van der Waals surface area contributed by atoms with E-state index in [4.69, 9.17) is 4.42 Å². The molecule has 0 saturated carbocycles. The van der Waals surface area contributed by atoms with Gasteiger partial charge in [-0.15, -0.1) is 0 Å². The van der Waals surface area contributed by atoms with E-state index in [2.05, 4.69) is 4.98 Å². The van der Waals surface area contributed by atoms with Crippen molar-refractivity contribution in [1.29, 1.82) is 0 Å². The molecule has 0 N–H and O–H groups in total. The number of aromatic nitrogens is 1. The van der Waals surface area contributed by atoms with Gasteiger partial charge >= 0.3 is 0 Å². The van der Waals surface area contributed by atoms with E-state index in [0.29, 0.717) is 22.9 Å². The minimum absolute atomic E-state index is 0.232. The summed E-state index contributed by atoms with van der Waals surface area (Å²) < 4.78 is 30.7. The van der Waals surface area contributed by atoms with E-state index >= 15 is 0 Å². The highest BCUT2D eigenvalue weighted by Crippen LogP contribution is 2.38. The highest BCUT2D eigenvalue weighted by molar-refractivity contribution is 7.90. The summed E-state index contributed by atoms with van der Waals surface area (Å²) in [5, 5.41) is 0. The van der Waals surface area contributed by atoms with Gasteiger partial charge in [-0.25, -0.2) is 13.4 Å². The van der Waals surface area contributed by atoms with Crippen LogP contribution in [0.2, 0.25) is 0 Å². The zero-order chi connectivity index (χ0) is 18.9. The van der Waals surface area contributed by atoms with Crippen LogP contribution in [0.5, 0.6) is 0 Å². The van der Waals surface area contributed by atoms with Crippen LogP contribution in [0, 0.1) is 0 Å². The molecule has 0 aliphatic carbocycles. The highest BCUT2D eigenvalue weighted by atomic mass is 32.2. The van der Waals surface area contributed by atoms with Gasteiger partial charge in [0, 0.05) is 22.9 Å². The Kier molecular flexibility index (Phi) is 4.38. The fourth-order valence-electron chi connectivity index (χ4n) is 2.98. The summed E-state index contributed by atoms with van der Waals surface area (Å²) >= 11 is 0. The van der Waals surface area contributed by atoms with E-state index in [9.17, 15) is 8.42 Å². The molecule has 0 amide bonds. The minimum Gasteiger partial charge on any atom is -0.435 e. The first-order chi connectivity index (χ1) is 13.0. The minimum atomic E-state index is -3.42. The van der Waals surface area contributed by atoms with Crippen molar-refractivity contribution >= 4 is 9.84 Å². The number of sulfone groups is 1. The molecule has 134 valence electrons. The predicted octanol–water partition coefficient (Wildman–Crippen LogP) is 5.08. The number of hydrogen-bond acceptors (Lipinski definition) is 4. The Hall–Kier alpha value is -3.18. The molecular formula is C22H17NO3S. The van der Waals surface area contributed by atoms with Crippen LogP contribution in [0.4, 0.5) is 0 Å². The van der Waals surface area contributed by atoms with Gasteiger partial charge in [-0.1, -0.05) is 66.7 Å². The predicted molar refractivity (Wildman–Crippen MR) is 106 cm³/mol. The van der Waals surface area contributed by atoms with Crippen molar-refractivity contribution in [2.75, 3.05) is 6.26 Å². The highest BCUT2D eigenvalue weighted by Gasteiger charge is 2.23. The molecule has 1 aromatic heterocycles. The van der Waals surface area contributed by atoms with Gasteiger partial charge in [-0.05, 0) is 18.2 Å². The lowest BCUT2D eigenvalue weighted by atomic mass is 10.1. The molecule has 3 aromatic carbocycles. The Labute approximate surface area is 158 Å². The lowest BCUT2D eigenvalue weighted by Crippen LogP contribution is -2.00. The van der Waals surface area contributed by atoms with Crippen molar-refractivity contribution in [3.8, 4) is 34.0 Å². The molecule has 0 aliphatic heterocycles. The molecule has 4 aromatic rings. The van der Waals surface area contributed by atoms with E-state index in [0.717, 1.165) is 11.1 Å². The Balaban J connectivity index is 2.00. The molecule has 0 aliphatic rings. The van der Waals surface area contributed by atoms with Gasteiger partial charge in [0.25, 0.3) is 0 Å². The van der Waals surface area contributed by atoms with Crippen molar-refractivity contribution in [3.05, 3.63) is 84.9 Å². The summed E-state index contributed by atoms with van der Waals surface area (Å²) in [6.45, 7) is 0. The Morgan fingerprint density at radius 2 is 1.30 bits per heavy atom. The van der Waals surface area contributed by atoms with Gasteiger partial charge < -0.3 is 4.42 Å². The summed E-state index contributed by atoms with van der Waals surface area (Å²) in [6, 6.07) is 26.0. The van der Waals surface area contributed by atoms with Gasteiger partial charge in [0.15, 0.2) is 15.6 Å². The van der Waals surface area contributed by atoms with Crippen LogP contribution >= 0.6 is 0 Å². The molecule has 4 nitrogen and oxygen atoms in total. The summed E-state index contributed by atoms with van der Waals surface area (Å²) in [7, 11) is -3.42. The third-order valence-electron chi connectivity index (χ3n) is 4.23. The van der Waals surface area contributed by atoms with Crippen molar-refractivity contribution in [2.45, 2.75) is 4.90 Å². The molecule has 0 atom stereocenters. The molecule has 4 rings (SSSR count). The second-order valence-corrected chi connectivity index (χ2v) is 8.18. The normalized spacial score (nSPS) is 11.4. The van der Waals surface area contributed by atoms with Crippen molar-refractivity contribution in [3.63, 3.8) is 0 Å². The molecule has 0 unspecified atom stereocenters. The van der Waals surface area contributed by atoms with Crippen LogP contribution in [0.15, 0.2) is 94.2 Å².